The Morgan fingerprint density at radius 2 is 1.86 bits per heavy atom. The second-order valence-corrected chi connectivity index (χ2v) is 6.95. The van der Waals surface area contributed by atoms with E-state index in [-0.39, 0.29) is 0 Å². The van der Waals surface area contributed by atoms with E-state index in [4.69, 9.17) is 0 Å². The molecule has 0 spiro atoms. The van der Waals surface area contributed by atoms with Crippen LogP contribution in [0.1, 0.15) is 66.7 Å². The smallest absolute Gasteiger partial charge is 0.120 e. The van der Waals surface area contributed by atoms with Crippen LogP contribution in [0.15, 0.2) is 29.5 Å². The minimum Gasteiger partial charge on any atom is -0.125 e. The minimum absolute atomic E-state index is 0.781. The molecule has 0 bridgehead atoms. The quantitative estimate of drug-likeness (QED) is 0.140. The Kier molecular flexibility index (Phi) is 14.1. The Morgan fingerprint density at radius 1 is 1.09 bits per heavy atom. The highest BCUT2D eigenvalue weighted by Gasteiger charge is 1.97. The molecule has 0 aliphatic heterocycles. The summed E-state index contributed by atoms with van der Waals surface area (Å²) in [6.45, 7) is 11.1. The van der Waals surface area contributed by atoms with Crippen LogP contribution in [0.5, 0.6) is 0 Å². The lowest BCUT2D eigenvalue weighted by molar-refractivity contribution is 0.556. The lowest BCUT2D eigenvalue weighted by Gasteiger charge is -2.03. The van der Waals surface area contributed by atoms with E-state index in [2.05, 4.69) is 57.4 Å². The van der Waals surface area contributed by atoms with E-state index in [9.17, 15) is 0 Å². The van der Waals surface area contributed by atoms with E-state index >= 15 is 0 Å². The van der Waals surface area contributed by atoms with Gasteiger partial charge in [0.2, 0.25) is 0 Å². The highest BCUT2D eigenvalue weighted by Crippen LogP contribution is 2.13. The summed E-state index contributed by atoms with van der Waals surface area (Å²) in [5.74, 6) is 7.64. The van der Waals surface area contributed by atoms with Gasteiger partial charge in [-0.15, -0.1) is 11.7 Å². The SMILES string of the molecule is CC#C/C=C(\C=C=CCCCBCC(C)C)CCCC(C)C. The van der Waals surface area contributed by atoms with E-state index in [1.807, 2.05) is 13.0 Å². The van der Waals surface area contributed by atoms with Gasteiger partial charge < -0.3 is 0 Å². The first-order valence-corrected chi connectivity index (χ1v) is 9.08. The van der Waals surface area contributed by atoms with Crippen LogP contribution in [0, 0.1) is 23.7 Å². The van der Waals surface area contributed by atoms with Gasteiger partial charge in [0.1, 0.15) is 7.28 Å². The summed E-state index contributed by atoms with van der Waals surface area (Å²) >= 11 is 0. The van der Waals surface area contributed by atoms with Crippen LogP contribution in [0.25, 0.3) is 0 Å². The van der Waals surface area contributed by atoms with E-state index in [0.29, 0.717) is 0 Å². The normalized spacial score (nSPS) is 11.0. The van der Waals surface area contributed by atoms with Crippen molar-refractivity contribution in [2.75, 3.05) is 0 Å². The Bertz CT molecular complexity index is 409. The Labute approximate surface area is 140 Å². The van der Waals surface area contributed by atoms with E-state index in [1.165, 1.54) is 44.8 Å². The zero-order valence-electron chi connectivity index (χ0n) is 15.5. The van der Waals surface area contributed by atoms with Gasteiger partial charge in [-0.2, -0.15) is 0 Å². The summed E-state index contributed by atoms with van der Waals surface area (Å²) in [7, 11) is 1.36. The van der Waals surface area contributed by atoms with Crippen molar-refractivity contribution in [1.82, 2.24) is 0 Å². The van der Waals surface area contributed by atoms with E-state index < -0.39 is 0 Å². The summed E-state index contributed by atoms with van der Waals surface area (Å²) < 4.78 is 0. The molecular weight excluding hydrogens is 263 g/mol. The van der Waals surface area contributed by atoms with Gasteiger partial charge in [0.05, 0.1) is 0 Å². The third-order valence-electron chi connectivity index (χ3n) is 3.67. The number of hydrogen-bond donors (Lipinski definition) is 0. The van der Waals surface area contributed by atoms with Gasteiger partial charge in [-0.25, -0.2) is 0 Å². The fourth-order valence-electron chi connectivity index (χ4n) is 2.29. The van der Waals surface area contributed by atoms with Crippen LogP contribution in [0.3, 0.4) is 0 Å². The zero-order valence-corrected chi connectivity index (χ0v) is 15.5. The van der Waals surface area contributed by atoms with Crippen LogP contribution >= 0.6 is 0 Å². The molecule has 0 nitrogen and oxygen atoms in total. The van der Waals surface area contributed by atoms with Gasteiger partial charge in [-0.05, 0) is 55.9 Å². The molecule has 0 aliphatic rings. The van der Waals surface area contributed by atoms with Crippen molar-refractivity contribution in [2.45, 2.75) is 79.4 Å². The Morgan fingerprint density at radius 3 is 2.50 bits per heavy atom. The fraction of sp³-hybridized carbons (Fsp3) is 0.667. The molecule has 0 radical (unpaired) electrons. The molecule has 122 valence electrons. The summed E-state index contributed by atoms with van der Waals surface area (Å²) in [6, 6.07) is 0. The molecule has 0 saturated heterocycles. The summed E-state index contributed by atoms with van der Waals surface area (Å²) in [5, 5.41) is 0. The second-order valence-electron chi connectivity index (χ2n) is 6.95. The second kappa shape index (κ2) is 14.8. The standard InChI is InChI=1S/C21H35B/c1-6-7-14-21(16-12-13-19(2)3)15-10-8-9-11-17-22-18-20(4)5/h8,14-15,19-20,22H,9,11-13,16-18H2,1-5H3/b21-14+. The zero-order chi connectivity index (χ0) is 16.6. The number of hydrogen-bond acceptors (Lipinski definition) is 0. The van der Waals surface area contributed by atoms with Gasteiger partial charge in [0, 0.05) is 0 Å². The molecule has 0 amide bonds. The third kappa shape index (κ3) is 15.3. The molecule has 0 aromatic carbocycles. The Hall–Kier alpha value is -1.12. The highest BCUT2D eigenvalue weighted by molar-refractivity contribution is 6.35. The van der Waals surface area contributed by atoms with Gasteiger partial charge >= 0.3 is 0 Å². The summed E-state index contributed by atoms with van der Waals surface area (Å²) in [6.07, 6.45) is 15.1. The van der Waals surface area contributed by atoms with Crippen molar-refractivity contribution in [3.63, 3.8) is 0 Å². The van der Waals surface area contributed by atoms with E-state index in [1.54, 1.807) is 0 Å². The average molecular weight is 298 g/mol. The van der Waals surface area contributed by atoms with Gasteiger partial charge in [0.25, 0.3) is 0 Å². The van der Waals surface area contributed by atoms with Crippen LogP contribution in [0.2, 0.25) is 12.6 Å². The van der Waals surface area contributed by atoms with Gasteiger partial charge in [-0.3, -0.25) is 0 Å². The van der Waals surface area contributed by atoms with Crippen molar-refractivity contribution in [3.05, 3.63) is 29.5 Å². The van der Waals surface area contributed by atoms with Crippen LogP contribution in [0.4, 0.5) is 0 Å². The molecule has 0 heterocycles. The van der Waals surface area contributed by atoms with Crippen LogP contribution in [-0.4, -0.2) is 7.28 Å². The van der Waals surface area contributed by atoms with Crippen molar-refractivity contribution < 1.29 is 0 Å². The molecule has 0 atom stereocenters. The molecular formula is C21H35B. The topological polar surface area (TPSA) is 0 Å². The fourth-order valence-corrected chi connectivity index (χ4v) is 2.29. The predicted octanol–water partition coefficient (Wildman–Crippen LogP) is 6.18. The molecule has 0 rings (SSSR count). The highest BCUT2D eigenvalue weighted by atomic mass is 14.0. The van der Waals surface area contributed by atoms with Crippen molar-refractivity contribution in [3.8, 4) is 11.8 Å². The largest absolute Gasteiger partial charge is 0.125 e. The van der Waals surface area contributed by atoms with Gasteiger partial charge in [-0.1, -0.05) is 65.0 Å². The average Bonchev–Trinajstić information content (AvgIpc) is 2.46. The summed E-state index contributed by atoms with van der Waals surface area (Å²) in [4.78, 5) is 0. The molecule has 0 aromatic rings. The number of rotatable bonds is 11. The van der Waals surface area contributed by atoms with Crippen molar-refractivity contribution in [2.24, 2.45) is 11.8 Å². The molecule has 0 aliphatic carbocycles. The van der Waals surface area contributed by atoms with Crippen molar-refractivity contribution in [1.29, 1.82) is 0 Å². The molecule has 1 heteroatoms. The maximum absolute atomic E-state index is 3.35. The van der Waals surface area contributed by atoms with Gasteiger partial charge in [0.15, 0.2) is 0 Å². The molecule has 22 heavy (non-hydrogen) atoms. The first-order valence-electron chi connectivity index (χ1n) is 9.08. The summed E-state index contributed by atoms with van der Waals surface area (Å²) in [5.41, 5.74) is 4.66. The maximum Gasteiger partial charge on any atom is 0.120 e. The molecule has 0 saturated carbocycles. The number of allylic oxidation sites excluding steroid dienone is 3. The lowest BCUT2D eigenvalue weighted by Crippen LogP contribution is -1.94. The third-order valence-corrected chi connectivity index (χ3v) is 3.67. The monoisotopic (exact) mass is 298 g/mol. The maximum atomic E-state index is 3.35. The van der Waals surface area contributed by atoms with Crippen molar-refractivity contribution >= 4 is 7.28 Å². The molecule has 0 N–H and O–H groups in total. The van der Waals surface area contributed by atoms with Crippen LogP contribution in [-0.2, 0) is 0 Å². The Balaban J connectivity index is 4.11. The van der Waals surface area contributed by atoms with Crippen LogP contribution < -0.4 is 0 Å². The first kappa shape index (κ1) is 20.9. The molecule has 0 unspecified atom stereocenters. The van der Waals surface area contributed by atoms with E-state index in [0.717, 1.165) is 24.7 Å². The predicted molar refractivity (Wildman–Crippen MR) is 104 cm³/mol. The minimum atomic E-state index is 0.781. The molecule has 0 fully saturated rings. The number of unbranched alkanes of at least 4 members (excludes halogenated alkanes) is 1. The first-order chi connectivity index (χ1) is 10.6. The molecule has 0 aromatic heterocycles. The lowest BCUT2D eigenvalue weighted by atomic mass is 9.66.